The summed E-state index contributed by atoms with van der Waals surface area (Å²) in [5.41, 5.74) is 7.21. The third kappa shape index (κ3) is 4.29. The summed E-state index contributed by atoms with van der Waals surface area (Å²) < 4.78 is 0. The van der Waals surface area contributed by atoms with E-state index >= 15 is 0 Å². The molecule has 0 amide bonds. The van der Waals surface area contributed by atoms with Crippen LogP contribution in [0.1, 0.15) is 11.5 Å². The number of nitriles is 1. The third-order valence-corrected chi connectivity index (χ3v) is 3.12. The van der Waals surface area contributed by atoms with Crippen molar-refractivity contribution in [3.63, 3.8) is 0 Å². The van der Waals surface area contributed by atoms with Crippen LogP contribution in [0.25, 0.3) is 11.1 Å². The Kier molecular flexibility index (Phi) is 5.63. The van der Waals surface area contributed by atoms with Gasteiger partial charge in [0.1, 0.15) is 5.82 Å². The summed E-state index contributed by atoms with van der Waals surface area (Å²) in [7, 11) is 0. The van der Waals surface area contributed by atoms with Crippen LogP contribution in [0.2, 0.25) is 0 Å². The van der Waals surface area contributed by atoms with Gasteiger partial charge in [0.2, 0.25) is 5.88 Å². The number of nitrogens with two attached hydrogens (primary N) is 1. The van der Waals surface area contributed by atoms with Crippen molar-refractivity contribution in [3.8, 4) is 23.1 Å². The number of aromatic amines is 1. The molecular weight excluding hydrogens is 324 g/mol. The number of aromatic hydroxyl groups is 1. The lowest BCUT2D eigenvalue weighted by atomic mass is 10.0. The molecule has 9 nitrogen and oxygen atoms in total. The summed E-state index contributed by atoms with van der Waals surface area (Å²) in [5.74, 6) is -2.03. The highest BCUT2D eigenvalue weighted by Gasteiger charge is 2.18. The van der Waals surface area contributed by atoms with Gasteiger partial charge in [-0.25, -0.2) is 0 Å². The van der Waals surface area contributed by atoms with E-state index in [-0.39, 0.29) is 5.88 Å². The summed E-state index contributed by atoms with van der Waals surface area (Å²) >= 11 is 0. The molecule has 0 spiro atoms. The van der Waals surface area contributed by atoms with Gasteiger partial charge in [-0.05, 0) is 17.7 Å². The molecule has 0 saturated carbocycles. The monoisotopic (exact) mass is 338 g/mol. The number of aromatic nitrogens is 4. The second-order valence-corrected chi connectivity index (χ2v) is 4.76. The number of anilines is 1. The molecule has 126 valence electrons. The molecule has 3 heterocycles. The van der Waals surface area contributed by atoms with Gasteiger partial charge in [0, 0.05) is 30.4 Å². The van der Waals surface area contributed by atoms with Crippen molar-refractivity contribution in [3.05, 3.63) is 54.6 Å². The predicted molar refractivity (Wildman–Crippen MR) is 88.1 cm³/mol. The smallest absolute Gasteiger partial charge is 0.325 e. The summed E-state index contributed by atoms with van der Waals surface area (Å²) in [6.07, 6.45) is 6.17. The Balaban J connectivity index is 0.000000181. The fourth-order valence-electron chi connectivity index (χ4n) is 1.96. The third-order valence-electron chi connectivity index (χ3n) is 3.12. The molecule has 5 N–H and O–H groups in total. The van der Waals surface area contributed by atoms with Crippen LogP contribution in [0, 0.1) is 11.3 Å². The zero-order valence-corrected chi connectivity index (χ0v) is 12.9. The van der Waals surface area contributed by atoms with E-state index in [1.165, 1.54) is 12.4 Å². The second-order valence-electron chi connectivity index (χ2n) is 4.76. The number of aliphatic carboxylic acids is 1. The molecule has 3 rings (SSSR count). The van der Waals surface area contributed by atoms with Crippen molar-refractivity contribution in [2.75, 3.05) is 5.73 Å². The average Bonchev–Trinajstić information content (AvgIpc) is 2.96. The largest absolute Gasteiger partial charge is 0.492 e. The minimum atomic E-state index is -1.15. The maximum absolute atomic E-state index is 10.5. The Hall–Kier alpha value is -3.93. The van der Waals surface area contributed by atoms with Gasteiger partial charge in [0.05, 0.1) is 11.6 Å². The Labute approximate surface area is 142 Å². The summed E-state index contributed by atoms with van der Waals surface area (Å²) in [5, 5.41) is 32.5. The van der Waals surface area contributed by atoms with Gasteiger partial charge in [-0.1, -0.05) is 12.1 Å². The highest BCUT2D eigenvalue weighted by molar-refractivity contribution is 5.79. The molecule has 0 aliphatic heterocycles. The molecule has 0 aromatic carbocycles. The number of hydrogen-bond acceptors (Lipinski definition) is 7. The molecule has 9 heteroatoms. The van der Waals surface area contributed by atoms with E-state index in [2.05, 4.69) is 20.2 Å². The first-order valence-corrected chi connectivity index (χ1v) is 7.00. The predicted octanol–water partition coefficient (Wildman–Crippen LogP) is 1.53. The lowest BCUT2D eigenvalue weighted by Crippen LogP contribution is -2.09. The van der Waals surface area contributed by atoms with E-state index < -0.39 is 11.9 Å². The van der Waals surface area contributed by atoms with Gasteiger partial charge >= 0.3 is 5.97 Å². The lowest BCUT2D eigenvalue weighted by Gasteiger charge is -2.00. The molecule has 1 atom stereocenters. The van der Waals surface area contributed by atoms with E-state index in [9.17, 15) is 9.90 Å². The van der Waals surface area contributed by atoms with E-state index in [1.807, 2.05) is 0 Å². The molecule has 0 radical (unpaired) electrons. The SMILES string of the molecule is N#CC(C(=O)O)c1cccnc1.Nc1[nH]nc(O)c1-c1cccnc1. The normalized spacial score (nSPS) is 10.8. The minimum absolute atomic E-state index is 0.106. The number of rotatable bonds is 3. The fourth-order valence-corrected chi connectivity index (χ4v) is 1.96. The van der Waals surface area contributed by atoms with Gasteiger partial charge in [-0.2, -0.15) is 5.26 Å². The molecule has 25 heavy (non-hydrogen) atoms. The number of carboxylic acid groups (broad SMARTS) is 1. The number of nitrogens with zero attached hydrogens (tertiary/aromatic N) is 4. The van der Waals surface area contributed by atoms with Gasteiger partial charge in [-0.15, -0.1) is 5.10 Å². The second kappa shape index (κ2) is 8.07. The molecular formula is C16H14N6O3. The van der Waals surface area contributed by atoms with Crippen LogP contribution in [-0.2, 0) is 4.79 Å². The van der Waals surface area contributed by atoms with Crippen LogP contribution >= 0.6 is 0 Å². The summed E-state index contributed by atoms with van der Waals surface area (Å²) in [6, 6.07) is 8.41. The minimum Gasteiger partial charge on any atom is -0.492 e. The number of carboxylic acids is 1. The Morgan fingerprint density at radius 3 is 2.36 bits per heavy atom. The van der Waals surface area contributed by atoms with Crippen molar-refractivity contribution in [2.45, 2.75) is 5.92 Å². The Bertz CT molecular complexity index is 854. The Morgan fingerprint density at radius 2 is 1.92 bits per heavy atom. The molecule has 0 aliphatic rings. The lowest BCUT2D eigenvalue weighted by molar-refractivity contribution is -0.137. The highest BCUT2D eigenvalue weighted by atomic mass is 16.4. The Morgan fingerprint density at radius 1 is 1.24 bits per heavy atom. The maximum Gasteiger partial charge on any atom is 0.325 e. The standard InChI is InChI=1S/C8H8N4O.C8H6N2O2/c9-7-6(8(13)12-11-7)5-2-1-3-10-4-5;9-4-7(8(11)12)6-2-1-3-10-5-6/h1-4H,(H4,9,11,12,13);1-3,5,7H,(H,11,12). The number of H-pyrrole nitrogens is 1. The first-order chi connectivity index (χ1) is 12.0. The zero-order valence-electron chi connectivity index (χ0n) is 12.9. The van der Waals surface area contributed by atoms with Crippen molar-refractivity contribution in [2.24, 2.45) is 0 Å². The van der Waals surface area contributed by atoms with E-state index in [0.717, 1.165) is 5.56 Å². The van der Waals surface area contributed by atoms with Crippen LogP contribution in [-0.4, -0.2) is 36.3 Å². The van der Waals surface area contributed by atoms with Crippen molar-refractivity contribution in [1.29, 1.82) is 5.26 Å². The van der Waals surface area contributed by atoms with Crippen LogP contribution in [0.3, 0.4) is 0 Å². The zero-order chi connectivity index (χ0) is 18.2. The van der Waals surface area contributed by atoms with Crippen molar-refractivity contribution >= 4 is 11.8 Å². The summed E-state index contributed by atoms with van der Waals surface area (Å²) in [4.78, 5) is 18.1. The first kappa shape index (κ1) is 17.4. The molecule has 0 fully saturated rings. The average molecular weight is 338 g/mol. The maximum atomic E-state index is 10.5. The van der Waals surface area contributed by atoms with E-state index in [1.54, 1.807) is 42.7 Å². The van der Waals surface area contributed by atoms with Crippen LogP contribution in [0.5, 0.6) is 5.88 Å². The van der Waals surface area contributed by atoms with E-state index in [0.29, 0.717) is 16.9 Å². The molecule has 1 unspecified atom stereocenters. The highest BCUT2D eigenvalue weighted by Crippen LogP contribution is 2.30. The van der Waals surface area contributed by atoms with Crippen LogP contribution in [0.4, 0.5) is 5.82 Å². The molecule has 3 aromatic rings. The molecule has 0 saturated heterocycles. The summed E-state index contributed by atoms with van der Waals surface area (Å²) in [6.45, 7) is 0. The van der Waals surface area contributed by atoms with Crippen LogP contribution < -0.4 is 5.73 Å². The van der Waals surface area contributed by atoms with E-state index in [4.69, 9.17) is 16.1 Å². The van der Waals surface area contributed by atoms with Crippen LogP contribution in [0.15, 0.2) is 49.1 Å². The quantitative estimate of drug-likeness (QED) is 0.558. The van der Waals surface area contributed by atoms with Crippen molar-refractivity contribution < 1.29 is 15.0 Å². The number of nitrogen functional groups attached to an aromatic ring is 1. The molecule has 3 aromatic heterocycles. The van der Waals surface area contributed by atoms with Gasteiger partial charge in [0.15, 0.2) is 5.92 Å². The van der Waals surface area contributed by atoms with Crippen molar-refractivity contribution in [1.82, 2.24) is 20.2 Å². The van der Waals surface area contributed by atoms with Gasteiger partial charge < -0.3 is 15.9 Å². The number of carbonyl (C=O) groups is 1. The topological polar surface area (TPSA) is 162 Å². The number of nitrogens with one attached hydrogen (secondary N) is 1. The first-order valence-electron chi connectivity index (χ1n) is 7.00. The van der Waals surface area contributed by atoms with Gasteiger partial charge in [0.25, 0.3) is 0 Å². The number of hydrogen-bond donors (Lipinski definition) is 4. The van der Waals surface area contributed by atoms with Gasteiger partial charge in [-0.3, -0.25) is 19.9 Å². The molecule has 0 bridgehead atoms. The fraction of sp³-hybridized carbons (Fsp3) is 0.0625. The molecule has 0 aliphatic carbocycles. The number of pyridine rings is 2.